The zero-order chi connectivity index (χ0) is 28.0. The van der Waals surface area contributed by atoms with Crippen molar-refractivity contribution in [2.24, 2.45) is 5.10 Å². The molecule has 3 aromatic rings. The Kier molecular flexibility index (Phi) is 11.1. The summed E-state index contributed by atoms with van der Waals surface area (Å²) in [5.74, 6) is -0.198. The molecule has 0 saturated carbocycles. The fourth-order valence-corrected chi connectivity index (χ4v) is 3.58. The maximum absolute atomic E-state index is 12.8. The Morgan fingerprint density at radius 3 is 2.46 bits per heavy atom. The van der Waals surface area contributed by atoms with E-state index in [1.54, 1.807) is 49.4 Å². The van der Waals surface area contributed by atoms with Gasteiger partial charge in [0, 0.05) is 6.42 Å². The van der Waals surface area contributed by atoms with Gasteiger partial charge in [-0.15, -0.1) is 0 Å². The molecule has 0 aliphatic rings. The van der Waals surface area contributed by atoms with Gasteiger partial charge in [-0.05, 0) is 48.4 Å². The molecular weight excluding hydrogens is 524 g/mol. The lowest BCUT2D eigenvalue weighted by molar-refractivity contribution is -0.123. The van der Waals surface area contributed by atoms with Crippen LogP contribution in [-0.4, -0.2) is 50.5 Å². The summed E-state index contributed by atoms with van der Waals surface area (Å²) >= 11 is 6.06. The summed E-state index contributed by atoms with van der Waals surface area (Å²) < 4.78 is 15.9. The van der Waals surface area contributed by atoms with Crippen LogP contribution in [0.15, 0.2) is 77.9 Å². The highest BCUT2D eigenvalue weighted by molar-refractivity contribution is 6.33. The minimum absolute atomic E-state index is 0.178. The highest BCUT2D eigenvalue weighted by Gasteiger charge is 2.21. The summed E-state index contributed by atoms with van der Waals surface area (Å²) in [6.45, 7) is 1.59. The summed E-state index contributed by atoms with van der Waals surface area (Å²) in [6.07, 6.45) is 0.974. The van der Waals surface area contributed by atoms with Crippen molar-refractivity contribution in [3.63, 3.8) is 0 Å². The number of carbonyl (C=O) groups excluding carboxylic acids is 3. The van der Waals surface area contributed by atoms with Crippen molar-refractivity contribution in [1.29, 1.82) is 0 Å². The second kappa shape index (κ2) is 15.0. The number of benzene rings is 3. The first kappa shape index (κ1) is 29.0. The van der Waals surface area contributed by atoms with Gasteiger partial charge in [-0.25, -0.2) is 10.2 Å². The summed E-state index contributed by atoms with van der Waals surface area (Å²) in [6, 6.07) is 20.2. The maximum Gasteiger partial charge on any atom is 0.407 e. The maximum atomic E-state index is 12.8. The Hall–Kier alpha value is -4.57. The van der Waals surface area contributed by atoms with Crippen LogP contribution in [0.25, 0.3) is 0 Å². The molecule has 0 aromatic heterocycles. The van der Waals surface area contributed by atoms with Gasteiger partial charge < -0.3 is 24.8 Å². The first-order chi connectivity index (χ1) is 18.9. The van der Waals surface area contributed by atoms with E-state index < -0.39 is 18.0 Å². The summed E-state index contributed by atoms with van der Waals surface area (Å²) in [7, 11) is 1.46. The van der Waals surface area contributed by atoms with Gasteiger partial charge in [0.25, 0.3) is 11.8 Å². The normalized spacial score (nSPS) is 11.4. The van der Waals surface area contributed by atoms with Crippen molar-refractivity contribution >= 4 is 41.4 Å². The molecule has 0 bridgehead atoms. The Labute approximate surface area is 231 Å². The van der Waals surface area contributed by atoms with Crippen molar-refractivity contribution in [3.05, 3.63) is 88.9 Å². The minimum atomic E-state index is -0.897. The highest BCUT2D eigenvalue weighted by Crippen LogP contribution is 2.28. The lowest BCUT2D eigenvalue weighted by Crippen LogP contribution is -2.47. The molecule has 10 nitrogen and oxygen atoms in total. The van der Waals surface area contributed by atoms with Crippen LogP contribution in [0, 0.1) is 0 Å². The average molecular weight is 553 g/mol. The number of anilines is 1. The van der Waals surface area contributed by atoms with Crippen LogP contribution in [-0.2, 0) is 20.7 Å². The third kappa shape index (κ3) is 9.35. The van der Waals surface area contributed by atoms with Crippen LogP contribution in [0.2, 0.25) is 5.02 Å². The number of rotatable bonds is 12. The van der Waals surface area contributed by atoms with Gasteiger partial charge in [0.2, 0.25) is 0 Å². The molecule has 1 atom stereocenters. The molecule has 3 aromatic carbocycles. The zero-order valence-corrected chi connectivity index (χ0v) is 22.2. The Bertz CT molecular complexity index is 1300. The first-order valence-corrected chi connectivity index (χ1v) is 12.4. The number of ether oxygens (including phenoxy) is 3. The highest BCUT2D eigenvalue weighted by atomic mass is 35.5. The van der Waals surface area contributed by atoms with E-state index in [0.29, 0.717) is 27.8 Å². The lowest BCUT2D eigenvalue weighted by Gasteiger charge is -2.16. The molecular formula is C28H29ClN4O6. The third-order valence-corrected chi connectivity index (χ3v) is 5.58. The number of halogens is 1. The molecule has 0 aliphatic carbocycles. The van der Waals surface area contributed by atoms with Crippen LogP contribution in [0.1, 0.15) is 18.1 Å². The van der Waals surface area contributed by atoms with Crippen molar-refractivity contribution in [3.8, 4) is 11.5 Å². The predicted molar refractivity (Wildman–Crippen MR) is 148 cm³/mol. The molecule has 0 radical (unpaired) electrons. The molecule has 0 heterocycles. The molecule has 3 rings (SSSR count). The summed E-state index contributed by atoms with van der Waals surface area (Å²) in [4.78, 5) is 37.0. The summed E-state index contributed by atoms with van der Waals surface area (Å²) in [5.41, 5.74) is 4.38. The summed E-state index contributed by atoms with van der Waals surface area (Å²) in [5, 5.41) is 9.66. The minimum Gasteiger partial charge on any atom is -0.493 e. The third-order valence-electron chi connectivity index (χ3n) is 5.25. The van der Waals surface area contributed by atoms with Gasteiger partial charge in [0.15, 0.2) is 18.1 Å². The topological polar surface area (TPSA) is 127 Å². The fourth-order valence-electron chi connectivity index (χ4n) is 3.40. The number of hydrogen-bond donors (Lipinski definition) is 3. The monoisotopic (exact) mass is 552 g/mol. The predicted octanol–water partition coefficient (Wildman–Crippen LogP) is 4.17. The van der Waals surface area contributed by atoms with Crippen LogP contribution < -0.4 is 25.5 Å². The van der Waals surface area contributed by atoms with E-state index in [2.05, 4.69) is 21.2 Å². The number of hydrazone groups is 1. The van der Waals surface area contributed by atoms with E-state index in [0.717, 1.165) is 5.56 Å². The van der Waals surface area contributed by atoms with E-state index in [-0.39, 0.29) is 25.5 Å². The van der Waals surface area contributed by atoms with Crippen LogP contribution in [0.4, 0.5) is 10.5 Å². The molecule has 0 aliphatic heterocycles. The van der Waals surface area contributed by atoms with Gasteiger partial charge in [0.1, 0.15) is 6.04 Å². The van der Waals surface area contributed by atoms with Crippen LogP contribution in [0.5, 0.6) is 11.5 Å². The van der Waals surface area contributed by atoms with Gasteiger partial charge >= 0.3 is 6.09 Å². The standard InChI is InChI=1S/C28H29ClN4O6/c1-3-38-28(36)32-23(15-19-9-5-4-6-10-19)27(35)33-30-17-20-13-14-24(25(16-20)37-2)39-18-26(34)31-22-12-8-7-11-21(22)29/h4-14,16-17,23H,3,15,18H2,1-2H3,(H,31,34)(H,32,36)(H,33,35)/b30-17-/t23-/m1/s1. The van der Waals surface area contributed by atoms with Crippen molar-refractivity contribution < 1.29 is 28.6 Å². The SMILES string of the molecule is CCOC(=O)N[C@H](Cc1ccccc1)C(=O)N/N=C\c1ccc(OCC(=O)Nc2ccccc2Cl)c(OC)c1. The molecule has 0 unspecified atom stereocenters. The average Bonchev–Trinajstić information content (AvgIpc) is 2.93. The second-order valence-corrected chi connectivity index (χ2v) is 8.48. The molecule has 3 N–H and O–H groups in total. The second-order valence-electron chi connectivity index (χ2n) is 8.07. The number of hydrogen-bond acceptors (Lipinski definition) is 7. The Morgan fingerprint density at radius 1 is 1.00 bits per heavy atom. The number of amides is 3. The molecule has 0 spiro atoms. The Morgan fingerprint density at radius 2 is 1.74 bits per heavy atom. The molecule has 0 saturated heterocycles. The van der Waals surface area contributed by atoms with E-state index in [1.165, 1.54) is 13.3 Å². The van der Waals surface area contributed by atoms with E-state index in [9.17, 15) is 14.4 Å². The number of nitrogens with zero attached hydrogens (tertiary/aromatic N) is 1. The van der Waals surface area contributed by atoms with Crippen LogP contribution >= 0.6 is 11.6 Å². The number of nitrogens with one attached hydrogen (secondary N) is 3. The number of alkyl carbamates (subject to hydrolysis) is 1. The van der Waals surface area contributed by atoms with Crippen molar-refractivity contribution in [1.82, 2.24) is 10.7 Å². The van der Waals surface area contributed by atoms with Gasteiger partial charge in [0.05, 0.1) is 30.6 Å². The smallest absolute Gasteiger partial charge is 0.407 e. The van der Waals surface area contributed by atoms with Crippen molar-refractivity contribution in [2.75, 3.05) is 25.6 Å². The number of methoxy groups -OCH3 is 1. The first-order valence-electron chi connectivity index (χ1n) is 12.0. The molecule has 0 fully saturated rings. The zero-order valence-electron chi connectivity index (χ0n) is 21.5. The van der Waals surface area contributed by atoms with E-state index in [4.69, 9.17) is 25.8 Å². The van der Waals surface area contributed by atoms with Gasteiger partial charge in [-0.2, -0.15) is 5.10 Å². The number of carbonyl (C=O) groups is 3. The number of para-hydroxylation sites is 1. The van der Waals surface area contributed by atoms with E-state index in [1.807, 2.05) is 30.3 Å². The van der Waals surface area contributed by atoms with Gasteiger partial charge in [-0.1, -0.05) is 54.1 Å². The van der Waals surface area contributed by atoms with E-state index >= 15 is 0 Å². The molecule has 39 heavy (non-hydrogen) atoms. The fraction of sp³-hybridized carbons (Fsp3) is 0.214. The quantitative estimate of drug-likeness (QED) is 0.228. The molecule has 11 heteroatoms. The van der Waals surface area contributed by atoms with Gasteiger partial charge in [-0.3, -0.25) is 9.59 Å². The largest absolute Gasteiger partial charge is 0.493 e. The lowest BCUT2D eigenvalue weighted by atomic mass is 10.1. The van der Waals surface area contributed by atoms with Crippen LogP contribution in [0.3, 0.4) is 0 Å². The Balaban J connectivity index is 1.59. The van der Waals surface area contributed by atoms with Crippen molar-refractivity contribution in [2.45, 2.75) is 19.4 Å². The molecule has 3 amide bonds. The molecule has 204 valence electrons.